The molecule has 120 valence electrons. The number of carbonyl (C=O) groups excluding carboxylic acids is 2. The molecule has 2 aromatic rings. The maximum Gasteiger partial charge on any atom is 0.245 e. The van der Waals surface area contributed by atoms with Crippen LogP contribution < -0.4 is 5.32 Å². The van der Waals surface area contributed by atoms with Crippen LogP contribution in [0.3, 0.4) is 0 Å². The highest BCUT2D eigenvalue weighted by atomic mass is 32.1. The second-order valence-electron chi connectivity index (χ2n) is 5.12. The number of hydrogen-bond donors (Lipinski definition) is 1. The van der Waals surface area contributed by atoms with Crippen LogP contribution in [0.5, 0.6) is 0 Å². The van der Waals surface area contributed by atoms with Gasteiger partial charge in [-0.05, 0) is 30.4 Å². The Bertz CT molecular complexity index is 761. The lowest BCUT2D eigenvalue weighted by atomic mass is 10.0. The highest BCUT2D eigenvalue weighted by Crippen LogP contribution is 2.32. The zero-order chi connectivity index (χ0) is 16.8. The fraction of sp³-hybridized carbons (Fsp3) is 0.353. The average molecular weight is 330 g/mol. The normalized spacial score (nSPS) is 11.9. The van der Waals surface area contributed by atoms with E-state index >= 15 is 0 Å². The van der Waals surface area contributed by atoms with Gasteiger partial charge in [0.1, 0.15) is 0 Å². The lowest BCUT2D eigenvalue weighted by Crippen LogP contribution is -2.35. The van der Waals surface area contributed by atoms with Crippen molar-refractivity contribution in [3.8, 4) is 6.07 Å². The van der Waals surface area contributed by atoms with Crippen LogP contribution in [0.1, 0.15) is 21.7 Å². The van der Waals surface area contributed by atoms with Gasteiger partial charge < -0.3 is 10.1 Å². The molecular weight excluding hydrogens is 312 g/mol. The lowest BCUT2D eigenvalue weighted by Gasteiger charge is -2.09. The fourth-order valence-electron chi connectivity index (χ4n) is 2.31. The van der Waals surface area contributed by atoms with Gasteiger partial charge in [-0.15, -0.1) is 11.3 Å². The second kappa shape index (κ2) is 7.86. The maximum atomic E-state index is 12.6. The Balaban J connectivity index is 2.17. The second-order valence-corrected chi connectivity index (χ2v) is 6.17. The standard InChI is InChI=1S/C17H18N2O3S/c1-11-12-6-3-4-7-14(12)23-16(11)15(20)13(10-18)17(21)19-8-5-9-22-2/h3-4,6-7,13H,5,8-9H2,1-2H3,(H,19,21). The van der Waals surface area contributed by atoms with Crippen molar-refractivity contribution in [2.24, 2.45) is 5.92 Å². The summed E-state index contributed by atoms with van der Waals surface area (Å²) in [6.07, 6.45) is 0.635. The van der Waals surface area contributed by atoms with Crippen molar-refractivity contribution < 1.29 is 14.3 Å². The average Bonchev–Trinajstić information content (AvgIpc) is 2.89. The van der Waals surface area contributed by atoms with Gasteiger partial charge in [0.2, 0.25) is 5.91 Å². The van der Waals surface area contributed by atoms with Gasteiger partial charge in [-0.2, -0.15) is 5.26 Å². The molecule has 0 aliphatic rings. The third-order valence-corrected chi connectivity index (χ3v) is 4.83. The van der Waals surface area contributed by atoms with E-state index in [1.807, 2.05) is 37.3 Å². The quantitative estimate of drug-likeness (QED) is 0.481. The van der Waals surface area contributed by atoms with E-state index in [0.717, 1.165) is 15.6 Å². The van der Waals surface area contributed by atoms with Crippen LogP contribution in [-0.4, -0.2) is 32.0 Å². The van der Waals surface area contributed by atoms with Crippen molar-refractivity contribution in [3.63, 3.8) is 0 Å². The van der Waals surface area contributed by atoms with Crippen LogP contribution in [-0.2, 0) is 9.53 Å². The molecule has 1 atom stereocenters. The first-order chi connectivity index (χ1) is 11.1. The first kappa shape index (κ1) is 17.1. The number of nitrogens with zero attached hydrogens (tertiary/aromatic N) is 1. The van der Waals surface area contributed by atoms with E-state index in [9.17, 15) is 14.9 Å². The number of thiophene rings is 1. The van der Waals surface area contributed by atoms with Crippen LogP contribution in [0.25, 0.3) is 10.1 Å². The number of benzene rings is 1. The van der Waals surface area contributed by atoms with Crippen molar-refractivity contribution >= 4 is 33.1 Å². The number of ether oxygens (including phenoxy) is 1. The predicted molar refractivity (Wildman–Crippen MR) is 89.5 cm³/mol. The molecule has 0 aliphatic heterocycles. The van der Waals surface area contributed by atoms with E-state index in [1.165, 1.54) is 11.3 Å². The van der Waals surface area contributed by atoms with Gasteiger partial charge in [-0.25, -0.2) is 0 Å². The molecule has 1 amide bonds. The molecule has 1 heterocycles. The first-order valence-corrected chi connectivity index (χ1v) is 8.10. The number of aryl methyl sites for hydroxylation is 1. The van der Waals surface area contributed by atoms with E-state index in [4.69, 9.17) is 4.74 Å². The number of fused-ring (bicyclic) bond motifs is 1. The van der Waals surface area contributed by atoms with Crippen molar-refractivity contribution in [1.29, 1.82) is 5.26 Å². The number of hydrogen-bond acceptors (Lipinski definition) is 5. The maximum absolute atomic E-state index is 12.6. The number of nitriles is 1. The molecule has 0 aliphatic carbocycles. The summed E-state index contributed by atoms with van der Waals surface area (Å²) in [7, 11) is 1.58. The largest absolute Gasteiger partial charge is 0.385 e. The molecule has 0 saturated heterocycles. The molecule has 0 spiro atoms. The first-order valence-electron chi connectivity index (χ1n) is 7.28. The zero-order valence-corrected chi connectivity index (χ0v) is 13.9. The molecule has 1 aromatic heterocycles. The summed E-state index contributed by atoms with van der Waals surface area (Å²) in [5.74, 6) is -2.30. The highest BCUT2D eigenvalue weighted by molar-refractivity contribution is 7.21. The molecule has 23 heavy (non-hydrogen) atoms. The SMILES string of the molecule is COCCCNC(=O)C(C#N)C(=O)c1sc2ccccc2c1C. The smallest absolute Gasteiger partial charge is 0.245 e. The lowest BCUT2D eigenvalue weighted by molar-refractivity contribution is -0.122. The number of carbonyl (C=O) groups is 2. The van der Waals surface area contributed by atoms with E-state index in [-0.39, 0.29) is 0 Å². The molecule has 1 N–H and O–H groups in total. The Labute approximate surface area is 138 Å². The van der Waals surface area contributed by atoms with E-state index in [2.05, 4.69) is 5.32 Å². The Morgan fingerprint density at radius 3 is 2.78 bits per heavy atom. The van der Waals surface area contributed by atoms with Crippen molar-refractivity contribution in [3.05, 3.63) is 34.7 Å². The third-order valence-electron chi connectivity index (χ3n) is 3.55. The Morgan fingerprint density at radius 2 is 2.13 bits per heavy atom. The van der Waals surface area contributed by atoms with Crippen LogP contribution in [0, 0.1) is 24.2 Å². The van der Waals surface area contributed by atoms with Gasteiger partial charge in [0, 0.05) is 25.0 Å². The summed E-state index contributed by atoms with van der Waals surface area (Å²) in [6, 6.07) is 9.49. The molecule has 0 saturated carbocycles. The molecule has 2 rings (SSSR count). The molecule has 1 unspecified atom stereocenters. The van der Waals surface area contributed by atoms with E-state index in [0.29, 0.717) is 24.4 Å². The number of Topliss-reactive ketones (excluding diaryl/α,β-unsaturated/α-hetero) is 1. The van der Waals surface area contributed by atoms with Crippen molar-refractivity contribution in [2.45, 2.75) is 13.3 Å². The van der Waals surface area contributed by atoms with Gasteiger partial charge in [0.25, 0.3) is 0 Å². The minimum absolute atomic E-state index is 0.379. The fourth-order valence-corrected chi connectivity index (χ4v) is 3.49. The van der Waals surface area contributed by atoms with Crippen LogP contribution in [0.15, 0.2) is 24.3 Å². The minimum Gasteiger partial charge on any atom is -0.385 e. The number of methoxy groups -OCH3 is 1. The van der Waals surface area contributed by atoms with Crippen LogP contribution in [0.4, 0.5) is 0 Å². The van der Waals surface area contributed by atoms with Gasteiger partial charge in [0.15, 0.2) is 11.7 Å². The van der Waals surface area contributed by atoms with Gasteiger partial charge in [0.05, 0.1) is 10.9 Å². The molecule has 0 fully saturated rings. The van der Waals surface area contributed by atoms with Crippen LogP contribution >= 0.6 is 11.3 Å². The van der Waals surface area contributed by atoms with Gasteiger partial charge in [-0.3, -0.25) is 9.59 Å². The van der Waals surface area contributed by atoms with Crippen molar-refractivity contribution in [2.75, 3.05) is 20.3 Å². The highest BCUT2D eigenvalue weighted by Gasteiger charge is 2.30. The summed E-state index contributed by atoms with van der Waals surface area (Å²) in [5.41, 5.74) is 0.822. The zero-order valence-electron chi connectivity index (χ0n) is 13.1. The predicted octanol–water partition coefficient (Wildman–Crippen LogP) is 2.68. The Hall–Kier alpha value is -2.23. The summed E-state index contributed by atoms with van der Waals surface area (Å²) >= 11 is 1.32. The number of rotatable bonds is 7. The molecular formula is C17H18N2O3S. The number of ketones is 1. The molecule has 0 radical (unpaired) electrons. The summed E-state index contributed by atoms with van der Waals surface area (Å²) in [5, 5.41) is 12.8. The topological polar surface area (TPSA) is 79.2 Å². The Kier molecular flexibility index (Phi) is 5.85. The van der Waals surface area contributed by atoms with Gasteiger partial charge in [-0.1, -0.05) is 18.2 Å². The summed E-state index contributed by atoms with van der Waals surface area (Å²) < 4.78 is 5.87. The van der Waals surface area contributed by atoms with Crippen molar-refractivity contribution in [1.82, 2.24) is 5.32 Å². The summed E-state index contributed by atoms with van der Waals surface area (Å²) in [4.78, 5) is 25.2. The third kappa shape index (κ3) is 3.76. The summed E-state index contributed by atoms with van der Waals surface area (Å²) in [6.45, 7) is 2.74. The van der Waals surface area contributed by atoms with E-state index in [1.54, 1.807) is 7.11 Å². The van der Waals surface area contributed by atoms with Gasteiger partial charge >= 0.3 is 0 Å². The Morgan fingerprint density at radius 1 is 1.39 bits per heavy atom. The molecule has 1 aromatic carbocycles. The minimum atomic E-state index is -1.32. The molecule has 0 bridgehead atoms. The molecule has 5 nitrogen and oxygen atoms in total. The molecule has 6 heteroatoms. The van der Waals surface area contributed by atoms with E-state index < -0.39 is 17.6 Å². The monoisotopic (exact) mass is 330 g/mol. The number of amides is 1. The van der Waals surface area contributed by atoms with Crippen LogP contribution in [0.2, 0.25) is 0 Å². The number of nitrogens with one attached hydrogen (secondary N) is 1.